The van der Waals surface area contributed by atoms with Crippen LogP contribution in [0, 0.1) is 17.8 Å². The topological polar surface area (TPSA) is 102 Å². The van der Waals surface area contributed by atoms with Crippen molar-refractivity contribution in [2.75, 3.05) is 20.3 Å². The quantitative estimate of drug-likeness (QED) is 0.363. The van der Waals surface area contributed by atoms with E-state index in [4.69, 9.17) is 25.8 Å². The van der Waals surface area contributed by atoms with E-state index in [-0.39, 0.29) is 31.0 Å². The summed E-state index contributed by atoms with van der Waals surface area (Å²) in [5, 5.41) is 10.1. The number of amides is 3. The highest BCUT2D eigenvalue weighted by molar-refractivity contribution is 6.32. The second kappa shape index (κ2) is 11.2. The highest BCUT2D eigenvalue weighted by atomic mass is 35.5. The molecule has 0 unspecified atom stereocenters. The highest BCUT2D eigenvalue weighted by Gasteiger charge is 2.59. The number of carbonyl (C=O) groups is 3. The predicted octanol–water partition coefficient (Wildman–Crippen LogP) is 5.39. The van der Waals surface area contributed by atoms with Gasteiger partial charge in [-0.2, -0.15) is 4.90 Å². The minimum atomic E-state index is -0.952. The minimum absolute atomic E-state index is 0.110. The molecular weight excluding hydrogens is 522 g/mol. The molecular formula is C30H30ClNO7. The Bertz CT molecular complexity index is 1350. The summed E-state index contributed by atoms with van der Waals surface area (Å²) in [6.45, 7) is 2.56. The lowest BCUT2D eigenvalue weighted by molar-refractivity contribution is -0.137. The molecule has 2 heterocycles. The van der Waals surface area contributed by atoms with Crippen LogP contribution in [-0.4, -0.2) is 54.3 Å². The van der Waals surface area contributed by atoms with Crippen molar-refractivity contribution >= 4 is 35.6 Å². The molecule has 1 N–H and O–H groups in total. The van der Waals surface area contributed by atoms with Gasteiger partial charge in [-0.1, -0.05) is 41.4 Å². The number of allylic oxidation sites excluding steroid dienone is 1. The molecule has 2 fully saturated rings. The smallest absolute Gasteiger partial charge is 0.423 e. The largest absolute Gasteiger partial charge is 0.508 e. The van der Waals surface area contributed by atoms with Crippen LogP contribution >= 0.6 is 11.6 Å². The molecule has 2 aromatic rings. The van der Waals surface area contributed by atoms with Gasteiger partial charge in [-0.05, 0) is 73.2 Å². The molecule has 0 radical (unpaired) electrons. The number of imide groups is 3. The van der Waals surface area contributed by atoms with Gasteiger partial charge in [0, 0.05) is 5.92 Å². The molecule has 0 bridgehead atoms. The molecule has 4 atom stereocenters. The number of ether oxygens (including phenoxy) is 3. The number of methoxy groups -OCH3 is 1. The number of fused-ring (bicyclic) bond motifs is 3. The van der Waals surface area contributed by atoms with Crippen molar-refractivity contribution in [1.82, 2.24) is 4.90 Å². The van der Waals surface area contributed by atoms with Crippen molar-refractivity contribution in [3.05, 3.63) is 75.8 Å². The fourth-order valence-electron chi connectivity index (χ4n) is 5.89. The zero-order valence-electron chi connectivity index (χ0n) is 21.8. The Morgan fingerprint density at radius 2 is 1.92 bits per heavy atom. The number of hydrogen-bond donors (Lipinski definition) is 1. The van der Waals surface area contributed by atoms with Crippen LogP contribution < -0.4 is 4.74 Å². The summed E-state index contributed by atoms with van der Waals surface area (Å²) >= 11 is 6.27. The lowest BCUT2D eigenvalue weighted by atomic mass is 9.69. The van der Waals surface area contributed by atoms with Crippen molar-refractivity contribution in [3.8, 4) is 11.5 Å². The number of aromatic hydroxyl groups is 1. The number of hydrogen-bond acceptors (Lipinski definition) is 7. The summed E-state index contributed by atoms with van der Waals surface area (Å²) < 4.78 is 17.0. The third-order valence-electron chi connectivity index (χ3n) is 7.71. The van der Waals surface area contributed by atoms with Gasteiger partial charge in [0.1, 0.15) is 18.1 Å². The van der Waals surface area contributed by atoms with Crippen molar-refractivity contribution in [1.29, 1.82) is 0 Å². The van der Waals surface area contributed by atoms with Crippen molar-refractivity contribution in [2.45, 2.75) is 32.3 Å². The Labute approximate surface area is 231 Å². The molecule has 2 aliphatic heterocycles. The van der Waals surface area contributed by atoms with Gasteiger partial charge < -0.3 is 19.3 Å². The van der Waals surface area contributed by atoms with E-state index in [9.17, 15) is 19.5 Å². The first-order chi connectivity index (χ1) is 18.8. The number of benzene rings is 2. The lowest BCUT2D eigenvalue weighted by Crippen LogP contribution is -2.38. The van der Waals surface area contributed by atoms with E-state index in [2.05, 4.69) is 0 Å². The molecule has 2 aromatic carbocycles. The Morgan fingerprint density at radius 1 is 1.15 bits per heavy atom. The third-order valence-corrected chi connectivity index (χ3v) is 8.04. The van der Waals surface area contributed by atoms with Crippen LogP contribution in [0.2, 0.25) is 5.02 Å². The summed E-state index contributed by atoms with van der Waals surface area (Å²) in [4.78, 5) is 39.3. The van der Waals surface area contributed by atoms with Crippen LogP contribution in [0.15, 0.2) is 65.3 Å². The number of nitrogens with zero attached hydrogens (tertiary/aromatic N) is 1. The van der Waals surface area contributed by atoms with Gasteiger partial charge >= 0.3 is 6.09 Å². The van der Waals surface area contributed by atoms with Crippen LogP contribution in [0.4, 0.5) is 4.79 Å². The molecule has 8 nitrogen and oxygen atoms in total. The third kappa shape index (κ3) is 5.31. The van der Waals surface area contributed by atoms with E-state index in [0.29, 0.717) is 34.9 Å². The van der Waals surface area contributed by atoms with E-state index < -0.39 is 29.7 Å². The van der Waals surface area contributed by atoms with E-state index in [1.54, 1.807) is 12.1 Å². The summed E-state index contributed by atoms with van der Waals surface area (Å²) in [5.74, 6) is -1.87. The maximum Gasteiger partial charge on any atom is 0.423 e. The van der Waals surface area contributed by atoms with Gasteiger partial charge in [0.25, 0.3) is 0 Å². The van der Waals surface area contributed by atoms with Gasteiger partial charge in [0.05, 0.1) is 36.7 Å². The van der Waals surface area contributed by atoms with Crippen LogP contribution in [-0.2, 0) is 19.1 Å². The Morgan fingerprint density at radius 3 is 2.64 bits per heavy atom. The molecule has 39 heavy (non-hydrogen) atoms. The van der Waals surface area contributed by atoms with E-state index in [1.165, 1.54) is 6.07 Å². The molecule has 1 aliphatic carbocycles. The molecule has 5 rings (SSSR count). The van der Waals surface area contributed by atoms with Crippen molar-refractivity contribution < 1.29 is 33.7 Å². The summed E-state index contributed by atoms with van der Waals surface area (Å²) in [7, 11) is 1.16. The van der Waals surface area contributed by atoms with Crippen LogP contribution in [0.3, 0.4) is 0 Å². The number of phenols is 1. The van der Waals surface area contributed by atoms with Gasteiger partial charge in [-0.25, -0.2) is 4.79 Å². The highest BCUT2D eigenvalue weighted by Crippen LogP contribution is 2.50. The van der Waals surface area contributed by atoms with E-state index in [1.807, 2.05) is 43.3 Å². The van der Waals surface area contributed by atoms with E-state index in [0.717, 1.165) is 29.4 Å². The Hall–Kier alpha value is -3.62. The first kappa shape index (κ1) is 27.0. The lowest BCUT2D eigenvalue weighted by Gasteiger charge is -2.31. The predicted molar refractivity (Wildman–Crippen MR) is 144 cm³/mol. The molecule has 3 aliphatic rings. The second-order valence-corrected chi connectivity index (χ2v) is 10.5. The molecule has 0 aromatic heterocycles. The first-order valence-electron chi connectivity index (χ1n) is 12.9. The number of likely N-dealkylation sites (tertiary alicyclic amines) is 1. The summed E-state index contributed by atoms with van der Waals surface area (Å²) in [6.07, 6.45) is 2.47. The van der Waals surface area contributed by atoms with Crippen LogP contribution in [0.25, 0.3) is 6.08 Å². The normalized spacial score (nSPS) is 24.6. The summed E-state index contributed by atoms with van der Waals surface area (Å²) in [5.41, 5.74) is 3.82. The molecule has 3 amide bonds. The minimum Gasteiger partial charge on any atom is -0.508 e. The zero-order chi connectivity index (χ0) is 27.7. The Balaban J connectivity index is 1.40. The van der Waals surface area contributed by atoms with Gasteiger partial charge in [-0.3, -0.25) is 9.59 Å². The number of rotatable bonds is 7. The first-order valence-corrected chi connectivity index (χ1v) is 13.3. The molecule has 204 valence electrons. The van der Waals surface area contributed by atoms with Gasteiger partial charge in [0.2, 0.25) is 11.8 Å². The summed E-state index contributed by atoms with van der Waals surface area (Å²) in [6, 6.07) is 14.3. The number of phenolic OH excluding ortho intramolecular Hbond substituents is 1. The fraction of sp³-hybridized carbons (Fsp3) is 0.367. The average Bonchev–Trinajstić information content (AvgIpc) is 3.46. The molecule has 9 heteroatoms. The fourth-order valence-corrected chi connectivity index (χ4v) is 6.12. The molecule has 0 spiro atoms. The zero-order valence-corrected chi connectivity index (χ0v) is 22.5. The van der Waals surface area contributed by atoms with Crippen LogP contribution in [0.1, 0.15) is 31.7 Å². The monoisotopic (exact) mass is 551 g/mol. The SMILES string of the molecule is COC(=O)N1C(=O)[C@@H]2[C@@H](CC(COc3ccccc3)=C3[C@@H](CC/C(C)=C/c4ccc(O)cc4Cl)OC[C@@H]32)C1=O. The molecule has 0 saturated carbocycles. The van der Waals surface area contributed by atoms with Gasteiger partial charge in [0.15, 0.2) is 0 Å². The van der Waals surface area contributed by atoms with E-state index >= 15 is 0 Å². The number of carbonyl (C=O) groups excluding carboxylic acids is 3. The second-order valence-electron chi connectivity index (χ2n) is 10.1. The number of halogens is 1. The standard InChI is InChI=1S/C30H30ClNO7/c1-17(12-18-9-10-20(33)14-24(18)31)8-11-25-26-19(15-38-21-6-4-3-5-7-21)13-22-27(23(26)16-39-25)29(35)32(28(22)34)30(36)37-2/h3-7,9-10,12,14,22-23,25,27,33H,8,11,13,15-16H2,1-2H3/b17-12+/t22-,23+,25-,27-/m1/s1. The number of para-hydroxylation sites is 1. The maximum atomic E-state index is 13.3. The van der Waals surface area contributed by atoms with Crippen molar-refractivity contribution in [2.24, 2.45) is 17.8 Å². The Kier molecular flexibility index (Phi) is 7.77. The van der Waals surface area contributed by atoms with Crippen LogP contribution in [0.5, 0.6) is 11.5 Å². The van der Waals surface area contributed by atoms with Crippen molar-refractivity contribution in [3.63, 3.8) is 0 Å². The van der Waals surface area contributed by atoms with Gasteiger partial charge in [-0.15, -0.1) is 0 Å². The average molecular weight is 552 g/mol. The maximum absolute atomic E-state index is 13.3. The molecule has 2 saturated heterocycles.